The van der Waals surface area contributed by atoms with Crippen molar-refractivity contribution < 1.29 is 8.81 Å². The number of aromatic nitrogens is 1. The van der Waals surface area contributed by atoms with Crippen LogP contribution in [-0.2, 0) is 6.42 Å². The summed E-state index contributed by atoms with van der Waals surface area (Å²) in [5, 5.41) is 3.12. The Hall–Kier alpha value is -1.88. The van der Waals surface area contributed by atoms with Gasteiger partial charge in [0.15, 0.2) is 11.5 Å². The highest BCUT2D eigenvalue weighted by Crippen LogP contribution is 2.21. The molecule has 0 bridgehead atoms. The third-order valence-corrected chi connectivity index (χ3v) is 3.11. The van der Waals surface area contributed by atoms with Gasteiger partial charge in [-0.15, -0.1) is 0 Å². The maximum Gasteiger partial charge on any atom is 0.195 e. The molecule has 1 aromatic carbocycles. The van der Waals surface area contributed by atoms with Gasteiger partial charge in [-0.3, -0.25) is 0 Å². The fourth-order valence-electron chi connectivity index (χ4n) is 1.89. The van der Waals surface area contributed by atoms with Crippen LogP contribution in [0.4, 0.5) is 10.1 Å². The van der Waals surface area contributed by atoms with E-state index in [0.717, 1.165) is 41.9 Å². The summed E-state index contributed by atoms with van der Waals surface area (Å²) in [7, 11) is 0. The van der Waals surface area contributed by atoms with Crippen molar-refractivity contribution in [1.29, 1.82) is 0 Å². The molecule has 2 aromatic rings. The predicted molar refractivity (Wildman–Crippen MR) is 79.4 cm³/mol. The highest BCUT2D eigenvalue weighted by atomic mass is 19.1. The average Bonchev–Trinajstić information content (AvgIpc) is 2.88. The molecule has 0 fully saturated rings. The Morgan fingerprint density at radius 3 is 3.05 bits per heavy atom. The number of hydrogen-bond acceptors (Lipinski definition) is 4. The Morgan fingerprint density at radius 2 is 2.35 bits per heavy atom. The van der Waals surface area contributed by atoms with Gasteiger partial charge in [-0.05, 0) is 24.1 Å². The summed E-state index contributed by atoms with van der Waals surface area (Å²) in [5.74, 6) is 0.769. The molecular formula is C15H20FN3O. The quantitative estimate of drug-likeness (QED) is 0.814. The van der Waals surface area contributed by atoms with Crippen LogP contribution in [0.1, 0.15) is 25.7 Å². The standard InChI is InChI=1S/C15H20FN3O/c1-2-3-4-15-19-13-6-5-12(7-14(13)20-15)18-10-11(8-16)9-17/h5-8,18H,2-4,9-10,17H2,1H3. The first-order valence-electron chi connectivity index (χ1n) is 6.88. The van der Waals surface area contributed by atoms with Crippen LogP contribution in [0.25, 0.3) is 11.1 Å². The number of fused-ring (bicyclic) bond motifs is 1. The number of aryl methyl sites for hydroxylation is 1. The molecule has 0 aliphatic carbocycles. The minimum absolute atomic E-state index is 0.204. The minimum atomic E-state index is 0.204. The van der Waals surface area contributed by atoms with Crippen molar-refractivity contribution in [2.24, 2.45) is 5.73 Å². The molecule has 0 unspecified atom stereocenters. The first-order valence-corrected chi connectivity index (χ1v) is 6.88. The third kappa shape index (κ3) is 3.57. The van der Waals surface area contributed by atoms with Gasteiger partial charge in [0, 0.05) is 31.3 Å². The normalized spacial score (nSPS) is 12.1. The lowest BCUT2D eigenvalue weighted by Gasteiger charge is -2.06. The van der Waals surface area contributed by atoms with Gasteiger partial charge in [0.1, 0.15) is 5.52 Å². The predicted octanol–water partition coefficient (Wildman–Crippen LogP) is 3.39. The van der Waals surface area contributed by atoms with E-state index in [0.29, 0.717) is 18.4 Å². The fourth-order valence-corrected chi connectivity index (χ4v) is 1.89. The van der Waals surface area contributed by atoms with E-state index in [-0.39, 0.29) is 6.54 Å². The van der Waals surface area contributed by atoms with Gasteiger partial charge in [0.2, 0.25) is 0 Å². The van der Waals surface area contributed by atoms with E-state index < -0.39 is 0 Å². The molecule has 0 atom stereocenters. The maximum atomic E-state index is 12.4. The number of unbranched alkanes of at least 4 members (excludes halogenated alkanes) is 1. The summed E-state index contributed by atoms with van der Waals surface area (Å²) in [5.41, 5.74) is 8.39. The lowest BCUT2D eigenvalue weighted by Crippen LogP contribution is -2.12. The van der Waals surface area contributed by atoms with Gasteiger partial charge in [0.25, 0.3) is 0 Å². The number of halogens is 1. The van der Waals surface area contributed by atoms with E-state index in [4.69, 9.17) is 10.2 Å². The largest absolute Gasteiger partial charge is 0.441 e. The summed E-state index contributed by atoms with van der Waals surface area (Å²) in [6.45, 7) is 2.72. The number of benzene rings is 1. The van der Waals surface area contributed by atoms with Gasteiger partial charge in [-0.1, -0.05) is 13.3 Å². The van der Waals surface area contributed by atoms with Crippen molar-refractivity contribution in [3.05, 3.63) is 36.0 Å². The highest BCUT2D eigenvalue weighted by Gasteiger charge is 2.06. The Labute approximate surface area is 117 Å². The van der Waals surface area contributed by atoms with Crippen LogP contribution >= 0.6 is 0 Å². The second-order valence-electron chi connectivity index (χ2n) is 4.72. The monoisotopic (exact) mass is 277 g/mol. The van der Waals surface area contributed by atoms with E-state index in [2.05, 4.69) is 17.2 Å². The Morgan fingerprint density at radius 1 is 1.50 bits per heavy atom. The molecule has 4 nitrogen and oxygen atoms in total. The van der Waals surface area contributed by atoms with Crippen LogP contribution in [0.5, 0.6) is 0 Å². The molecule has 0 spiro atoms. The molecule has 1 aromatic heterocycles. The smallest absolute Gasteiger partial charge is 0.195 e. The summed E-state index contributed by atoms with van der Waals surface area (Å²) in [4.78, 5) is 4.43. The second kappa shape index (κ2) is 7.05. The van der Waals surface area contributed by atoms with Crippen LogP contribution < -0.4 is 11.1 Å². The molecule has 0 aliphatic heterocycles. The number of nitrogens with one attached hydrogen (secondary N) is 1. The topological polar surface area (TPSA) is 64.1 Å². The van der Waals surface area contributed by atoms with Crippen LogP contribution in [0.15, 0.2) is 34.5 Å². The van der Waals surface area contributed by atoms with Gasteiger partial charge in [0.05, 0.1) is 6.33 Å². The van der Waals surface area contributed by atoms with E-state index in [1.165, 1.54) is 0 Å². The van der Waals surface area contributed by atoms with Crippen molar-refractivity contribution in [3.63, 3.8) is 0 Å². The first-order chi connectivity index (χ1) is 9.76. The van der Waals surface area contributed by atoms with Gasteiger partial charge in [-0.25, -0.2) is 9.37 Å². The van der Waals surface area contributed by atoms with Gasteiger partial charge < -0.3 is 15.5 Å². The zero-order valence-electron chi connectivity index (χ0n) is 11.7. The van der Waals surface area contributed by atoms with Crippen LogP contribution in [-0.4, -0.2) is 18.1 Å². The Bertz CT molecular complexity index is 592. The first kappa shape index (κ1) is 14.5. The van der Waals surface area contributed by atoms with Crippen LogP contribution in [0.3, 0.4) is 0 Å². The molecule has 0 radical (unpaired) electrons. The van der Waals surface area contributed by atoms with Crippen molar-refractivity contribution in [1.82, 2.24) is 4.98 Å². The van der Waals surface area contributed by atoms with Gasteiger partial charge >= 0.3 is 0 Å². The fraction of sp³-hybridized carbons (Fsp3) is 0.400. The number of nitrogens with zero attached hydrogens (tertiary/aromatic N) is 1. The van der Waals surface area contributed by atoms with Crippen molar-refractivity contribution >= 4 is 16.8 Å². The summed E-state index contributed by atoms with van der Waals surface area (Å²) >= 11 is 0. The van der Waals surface area contributed by atoms with Crippen molar-refractivity contribution in [3.8, 4) is 0 Å². The second-order valence-corrected chi connectivity index (χ2v) is 4.72. The van der Waals surface area contributed by atoms with Crippen molar-refractivity contribution in [2.45, 2.75) is 26.2 Å². The summed E-state index contributed by atoms with van der Waals surface area (Å²) in [6.07, 6.45) is 3.58. The number of rotatable bonds is 7. The highest BCUT2D eigenvalue weighted by molar-refractivity contribution is 5.77. The van der Waals surface area contributed by atoms with Crippen LogP contribution in [0.2, 0.25) is 0 Å². The molecule has 3 N–H and O–H groups in total. The lowest BCUT2D eigenvalue weighted by atomic mass is 10.2. The van der Waals surface area contributed by atoms with E-state index in [1.54, 1.807) is 0 Å². The molecule has 0 saturated carbocycles. The SMILES string of the molecule is CCCCc1nc2ccc(NCC(=CF)CN)cc2o1. The number of anilines is 1. The zero-order chi connectivity index (χ0) is 14.4. The molecule has 1 heterocycles. The molecule has 108 valence electrons. The van der Waals surface area contributed by atoms with Crippen LogP contribution in [0, 0.1) is 0 Å². The number of nitrogens with two attached hydrogens (primary N) is 1. The third-order valence-electron chi connectivity index (χ3n) is 3.11. The average molecular weight is 277 g/mol. The molecule has 0 amide bonds. The van der Waals surface area contributed by atoms with E-state index in [1.807, 2.05) is 18.2 Å². The summed E-state index contributed by atoms with van der Waals surface area (Å²) in [6, 6.07) is 5.68. The lowest BCUT2D eigenvalue weighted by molar-refractivity contribution is 0.518. The molecule has 20 heavy (non-hydrogen) atoms. The van der Waals surface area contributed by atoms with E-state index in [9.17, 15) is 4.39 Å². The molecule has 0 saturated heterocycles. The van der Waals surface area contributed by atoms with Gasteiger partial charge in [-0.2, -0.15) is 0 Å². The maximum absolute atomic E-state index is 12.4. The van der Waals surface area contributed by atoms with Crippen molar-refractivity contribution in [2.75, 3.05) is 18.4 Å². The minimum Gasteiger partial charge on any atom is -0.441 e. The zero-order valence-corrected chi connectivity index (χ0v) is 11.7. The molecule has 2 rings (SSSR count). The van der Waals surface area contributed by atoms with E-state index >= 15 is 0 Å². The Kier molecular flexibility index (Phi) is 5.12. The summed E-state index contributed by atoms with van der Waals surface area (Å²) < 4.78 is 18.1. The number of oxazole rings is 1. The molecule has 0 aliphatic rings. The number of hydrogen-bond donors (Lipinski definition) is 2. The molecular weight excluding hydrogens is 257 g/mol. The Balaban J connectivity index is 2.08. The molecule has 5 heteroatoms.